The van der Waals surface area contributed by atoms with Crippen LogP contribution < -0.4 is 10.2 Å². The second-order valence-electron chi connectivity index (χ2n) is 5.29. The molecule has 0 saturated carbocycles. The first kappa shape index (κ1) is 18.8. The van der Waals surface area contributed by atoms with Gasteiger partial charge in [0.15, 0.2) is 16.8 Å². The van der Waals surface area contributed by atoms with Gasteiger partial charge in [0.2, 0.25) is 0 Å². The molecular weight excluding hydrogens is 485 g/mol. The van der Waals surface area contributed by atoms with Gasteiger partial charge in [0, 0.05) is 11.6 Å². The van der Waals surface area contributed by atoms with Crippen LogP contribution >= 0.6 is 31.9 Å². The van der Waals surface area contributed by atoms with Gasteiger partial charge < -0.3 is 14.3 Å². The second kappa shape index (κ2) is 6.62. The fourth-order valence-electron chi connectivity index (χ4n) is 2.45. The van der Waals surface area contributed by atoms with Crippen LogP contribution in [-0.2, 0) is 6.18 Å². The standard InChI is InChI=1S/C17H9Br2F3O4/c1-25-16-10(18)5-8-12(24)6-13(26-15(8)14(16)19)7-2-3-11(23)9(4-7)17(20,21)22/h2-6,23H,1H3. The number of fused-ring (bicyclic) bond motifs is 1. The maximum atomic E-state index is 13.0. The Kier molecular flexibility index (Phi) is 4.78. The normalized spacial score (nSPS) is 11.8. The molecule has 0 bridgehead atoms. The van der Waals surface area contributed by atoms with Crippen LogP contribution in [0.5, 0.6) is 11.5 Å². The Labute approximate surface area is 161 Å². The van der Waals surface area contributed by atoms with E-state index in [2.05, 4.69) is 31.9 Å². The summed E-state index contributed by atoms with van der Waals surface area (Å²) in [5.74, 6) is -0.603. The summed E-state index contributed by atoms with van der Waals surface area (Å²) in [6.07, 6.45) is -4.74. The van der Waals surface area contributed by atoms with Crippen LogP contribution in [0.2, 0.25) is 0 Å². The predicted octanol–water partition coefficient (Wildman–Crippen LogP) is 5.72. The number of hydrogen-bond acceptors (Lipinski definition) is 4. The molecule has 0 radical (unpaired) electrons. The fraction of sp³-hybridized carbons (Fsp3) is 0.118. The molecule has 2 aromatic carbocycles. The zero-order valence-corrected chi connectivity index (χ0v) is 16.1. The molecular formula is C17H9Br2F3O4. The smallest absolute Gasteiger partial charge is 0.419 e. The molecule has 0 atom stereocenters. The molecule has 26 heavy (non-hydrogen) atoms. The van der Waals surface area contributed by atoms with Gasteiger partial charge >= 0.3 is 6.18 Å². The van der Waals surface area contributed by atoms with Gasteiger partial charge in [0.05, 0.1) is 22.5 Å². The second-order valence-corrected chi connectivity index (χ2v) is 6.93. The highest BCUT2D eigenvalue weighted by molar-refractivity contribution is 9.11. The molecule has 0 fully saturated rings. The molecule has 1 heterocycles. The maximum Gasteiger partial charge on any atom is 0.419 e. The van der Waals surface area contributed by atoms with Gasteiger partial charge in [0.1, 0.15) is 16.0 Å². The van der Waals surface area contributed by atoms with E-state index in [0.29, 0.717) is 14.7 Å². The molecule has 0 saturated heterocycles. The molecule has 0 spiro atoms. The van der Waals surface area contributed by atoms with Crippen molar-refractivity contribution in [2.45, 2.75) is 6.18 Å². The zero-order valence-electron chi connectivity index (χ0n) is 12.9. The van der Waals surface area contributed by atoms with Gasteiger partial charge in [0.25, 0.3) is 0 Å². The number of hydrogen-bond donors (Lipinski definition) is 1. The lowest BCUT2D eigenvalue weighted by molar-refractivity contribution is -0.138. The van der Waals surface area contributed by atoms with Crippen molar-refractivity contribution in [3.05, 3.63) is 55.1 Å². The average Bonchev–Trinajstić information content (AvgIpc) is 2.55. The van der Waals surface area contributed by atoms with E-state index < -0.39 is 22.9 Å². The van der Waals surface area contributed by atoms with Crippen LogP contribution in [0, 0.1) is 0 Å². The van der Waals surface area contributed by atoms with E-state index >= 15 is 0 Å². The fourth-order valence-corrected chi connectivity index (χ4v) is 3.97. The number of benzene rings is 2. The molecule has 0 aliphatic carbocycles. The Balaban J connectivity index is 2.29. The molecule has 3 rings (SSSR count). The quantitative estimate of drug-likeness (QED) is 0.496. The molecule has 4 nitrogen and oxygen atoms in total. The van der Waals surface area contributed by atoms with Crippen LogP contribution in [0.4, 0.5) is 13.2 Å². The third-order valence-corrected chi connectivity index (χ3v) is 4.97. The van der Waals surface area contributed by atoms with Gasteiger partial charge in [-0.15, -0.1) is 0 Å². The lowest BCUT2D eigenvalue weighted by Crippen LogP contribution is -2.06. The molecule has 0 amide bonds. The molecule has 136 valence electrons. The maximum absolute atomic E-state index is 13.0. The summed E-state index contributed by atoms with van der Waals surface area (Å²) >= 11 is 6.56. The molecule has 3 aromatic rings. The summed E-state index contributed by atoms with van der Waals surface area (Å²) in [5.41, 5.74) is -1.52. The van der Waals surface area contributed by atoms with E-state index in [0.717, 1.165) is 18.2 Å². The molecule has 1 aromatic heterocycles. The number of phenolic OH excluding ortho intramolecular Hbond substituents is 1. The first-order valence-electron chi connectivity index (χ1n) is 7.04. The highest BCUT2D eigenvalue weighted by atomic mass is 79.9. The van der Waals surface area contributed by atoms with Crippen molar-refractivity contribution in [3.8, 4) is 22.8 Å². The summed E-state index contributed by atoms with van der Waals surface area (Å²) in [5, 5.41) is 9.67. The van der Waals surface area contributed by atoms with Crippen LogP contribution in [-0.4, -0.2) is 12.2 Å². The number of phenols is 1. The van der Waals surface area contributed by atoms with Crippen molar-refractivity contribution < 1.29 is 27.4 Å². The van der Waals surface area contributed by atoms with Crippen molar-refractivity contribution >= 4 is 42.8 Å². The van der Waals surface area contributed by atoms with E-state index in [1.807, 2.05) is 0 Å². The van der Waals surface area contributed by atoms with Crippen LogP contribution in [0.15, 0.2) is 48.5 Å². The summed E-state index contributed by atoms with van der Waals surface area (Å²) in [4.78, 5) is 12.4. The van der Waals surface area contributed by atoms with Crippen LogP contribution in [0.3, 0.4) is 0 Å². The minimum atomic E-state index is -4.74. The van der Waals surface area contributed by atoms with E-state index in [-0.39, 0.29) is 22.3 Å². The largest absolute Gasteiger partial charge is 0.507 e. The SMILES string of the molecule is COc1c(Br)cc2c(=O)cc(-c3ccc(O)c(C(F)(F)F)c3)oc2c1Br. The number of halogens is 5. The molecule has 0 unspecified atom stereocenters. The first-order chi connectivity index (χ1) is 12.1. The topological polar surface area (TPSA) is 59.7 Å². The van der Waals surface area contributed by atoms with Gasteiger partial charge in [-0.2, -0.15) is 13.2 Å². The average molecular weight is 494 g/mol. The monoisotopic (exact) mass is 492 g/mol. The highest BCUT2D eigenvalue weighted by Gasteiger charge is 2.34. The van der Waals surface area contributed by atoms with Crippen molar-refractivity contribution in [3.63, 3.8) is 0 Å². The van der Waals surface area contributed by atoms with Crippen molar-refractivity contribution in [2.75, 3.05) is 7.11 Å². The number of aromatic hydroxyl groups is 1. The summed E-state index contributed by atoms with van der Waals surface area (Å²) in [6, 6.07) is 5.47. The van der Waals surface area contributed by atoms with Gasteiger partial charge in [-0.3, -0.25) is 4.79 Å². The minimum absolute atomic E-state index is 0.00269. The number of alkyl halides is 3. The third kappa shape index (κ3) is 3.21. The number of ether oxygens (including phenoxy) is 1. The Morgan fingerprint density at radius 3 is 2.46 bits per heavy atom. The summed E-state index contributed by atoms with van der Waals surface area (Å²) in [6.45, 7) is 0. The lowest BCUT2D eigenvalue weighted by Gasteiger charge is -2.12. The summed E-state index contributed by atoms with van der Waals surface area (Å²) < 4.78 is 50.7. The van der Waals surface area contributed by atoms with E-state index in [4.69, 9.17) is 9.15 Å². The zero-order chi connectivity index (χ0) is 19.2. The Hall–Kier alpha value is -2.00. The van der Waals surface area contributed by atoms with E-state index in [1.54, 1.807) is 0 Å². The van der Waals surface area contributed by atoms with Gasteiger partial charge in [-0.05, 0) is 56.1 Å². The minimum Gasteiger partial charge on any atom is -0.507 e. The lowest BCUT2D eigenvalue weighted by atomic mass is 10.1. The summed E-state index contributed by atoms with van der Waals surface area (Å²) in [7, 11) is 1.42. The van der Waals surface area contributed by atoms with Gasteiger partial charge in [-0.1, -0.05) is 0 Å². The highest BCUT2D eigenvalue weighted by Crippen LogP contribution is 2.41. The third-order valence-electron chi connectivity index (χ3n) is 3.66. The van der Waals surface area contributed by atoms with Crippen LogP contribution in [0.1, 0.15) is 5.56 Å². The van der Waals surface area contributed by atoms with Crippen molar-refractivity contribution in [1.82, 2.24) is 0 Å². The molecule has 0 aliphatic rings. The Morgan fingerprint density at radius 1 is 1.15 bits per heavy atom. The van der Waals surface area contributed by atoms with E-state index in [9.17, 15) is 23.1 Å². The molecule has 0 aliphatic heterocycles. The van der Waals surface area contributed by atoms with E-state index in [1.165, 1.54) is 19.2 Å². The first-order valence-corrected chi connectivity index (χ1v) is 8.62. The van der Waals surface area contributed by atoms with Crippen molar-refractivity contribution in [2.24, 2.45) is 0 Å². The Morgan fingerprint density at radius 2 is 1.85 bits per heavy atom. The Bertz CT molecular complexity index is 1070. The number of methoxy groups -OCH3 is 1. The molecule has 9 heteroatoms. The van der Waals surface area contributed by atoms with Crippen LogP contribution in [0.25, 0.3) is 22.3 Å². The van der Waals surface area contributed by atoms with Gasteiger partial charge in [-0.25, -0.2) is 0 Å². The molecule has 1 N–H and O–H groups in total. The van der Waals surface area contributed by atoms with Crippen molar-refractivity contribution in [1.29, 1.82) is 0 Å². The predicted molar refractivity (Wildman–Crippen MR) is 96.5 cm³/mol. The number of rotatable bonds is 2.